The smallest absolute Gasteiger partial charge is 0.303 e. The summed E-state index contributed by atoms with van der Waals surface area (Å²) in [5, 5.41) is 9.09. The number of para-hydroxylation sites is 1. The van der Waals surface area contributed by atoms with Crippen molar-refractivity contribution in [3.63, 3.8) is 0 Å². The first kappa shape index (κ1) is 15.0. The molecule has 1 aromatic carbocycles. The molecule has 2 aliphatic heterocycles. The van der Waals surface area contributed by atoms with Crippen molar-refractivity contribution in [2.75, 3.05) is 6.61 Å². The number of nitrogens with zero attached hydrogens (tertiary/aromatic N) is 1. The first-order chi connectivity index (χ1) is 10.7. The summed E-state index contributed by atoms with van der Waals surface area (Å²) in [7, 11) is 0. The lowest BCUT2D eigenvalue weighted by Crippen LogP contribution is -2.44. The Balaban J connectivity index is 1.97. The number of aliphatic imine (C=N–C) groups is 1. The Hall–Kier alpha value is -1.94. The molecule has 0 fully saturated rings. The molecule has 0 bridgehead atoms. The summed E-state index contributed by atoms with van der Waals surface area (Å²) in [6.45, 7) is 2.65. The van der Waals surface area contributed by atoms with Gasteiger partial charge in [0, 0.05) is 17.6 Å². The molecule has 0 aromatic heterocycles. The molecule has 1 N–H and O–H groups in total. The van der Waals surface area contributed by atoms with E-state index in [4.69, 9.17) is 14.8 Å². The highest BCUT2D eigenvalue weighted by molar-refractivity contribution is 6.32. The van der Waals surface area contributed by atoms with Crippen molar-refractivity contribution in [3.8, 4) is 0 Å². The number of rotatable bonds is 6. The average molecular weight is 299 g/mol. The van der Waals surface area contributed by atoms with E-state index in [0.717, 1.165) is 41.8 Å². The first-order valence-corrected chi connectivity index (χ1v) is 7.91. The summed E-state index contributed by atoms with van der Waals surface area (Å²) in [5.41, 5.74) is 3.60. The number of ether oxygens (including phenoxy) is 1. The second-order valence-corrected chi connectivity index (χ2v) is 5.90. The van der Waals surface area contributed by atoms with Crippen molar-refractivity contribution in [1.29, 1.82) is 0 Å². The summed E-state index contributed by atoms with van der Waals surface area (Å²) < 4.78 is 6.09. The van der Waals surface area contributed by atoms with Crippen LogP contribution in [-0.2, 0) is 9.53 Å². The standard InChI is InChI=1S/C18H21NO3/c1-2-3-10-18(11-8-16(20)21)17-14(9-12-22-18)13-6-4-5-7-15(13)19-17/h4-7,9H,2-3,8,10-12H2,1H3,(H,20,21). The highest BCUT2D eigenvalue weighted by atomic mass is 16.5. The Bertz CT molecular complexity index is 647. The van der Waals surface area contributed by atoms with Crippen LogP contribution in [-0.4, -0.2) is 29.0 Å². The maximum Gasteiger partial charge on any atom is 0.303 e. The molecule has 22 heavy (non-hydrogen) atoms. The Morgan fingerprint density at radius 3 is 2.95 bits per heavy atom. The van der Waals surface area contributed by atoms with Crippen molar-refractivity contribution in [2.24, 2.45) is 4.99 Å². The van der Waals surface area contributed by atoms with Crippen LogP contribution in [0.2, 0.25) is 0 Å². The minimum absolute atomic E-state index is 0.104. The van der Waals surface area contributed by atoms with Gasteiger partial charge >= 0.3 is 5.97 Å². The maximum absolute atomic E-state index is 11.1. The molecule has 1 unspecified atom stereocenters. The van der Waals surface area contributed by atoms with Crippen LogP contribution in [0.15, 0.2) is 35.3 Å². The zero-order valence-corrected chi connectivity index (χ0v) is 12.8. The van der Waals surface area contributed by atoms with Gasteiger partial charge in [0.25, 0.3) is 0 Å². The lowest BCUT2D eigenvalue weighted by atomic mass is 9.80. The van der Waals surface area contributed by atoms with Gasteiger partial charge in [0.05, 0.1) is 18.0 Å². The molecule has 0 saturated heterocycles. The molecule has 0 saturated carbocycles. The molecule has 0 aliphatic carbocycles. The molecule has 2 heterocycles. The summed E-state index contributed by atoms with van der Waals surface area (Å²) >= 11 is 0. The normalized spacial score (nSPS) is 22.6. The van der Waals surface area contributed by atoms with Gasteiger partial charge < -0.3 is 9.84 Å². The Labute approximate surface area is 130 Å². The van der Waals surface area contributed by atoms with Crippen LogP contribution < -0.4 is 0 Å². The molecule has 2 aliphatic rings. The lowest BCUT2D eigenvalue weighted by Gasteiger charge is -2.37. The van der Waals surface area contributed by atoms with Gasteiger partial charge in [-0.2, -0.15) is 0 Å². The van der Waals surface area contributed by atoms with Crippen LogP contribution in [0.4, 0.5) is 5.69 Å². The molecule has 4 nitrogen and oxygen atoms in total. The van der Waals surface area contributed by atoms with Crippen LogP contribution in [0.5, 0.6) is 0 Å². The van der Waals surface area contributed by atoms with E-state index in [9.17, 15) is 4.79 Å². The van der Waals surface area contributed by atoms with Crippen LogP contribution in [0.1, 0.15) is 44.6 Å². The summed E-state index contributed by atoms with van der Waals surface area (Å²) in [5.74, 6) is -0.785. The van der Waals surface area contributed by atoms with Crippen LogP contribution in [0.3, 0.4) is 0 Å². The van der Waals surface area contributed by atoms with E-state index in [-0.39, 0.29) is 6.42 Å². The van der Waals surface area contributed by atoms with Gasteiger partial charge in [-0.25, -0.2) is 4.99 Å². The van der Waals surface area contributed by atoms with Gasteiger partial charge in [0.15, 0.2) is 0 Å². The molecule has 0 amide bonds. The monoisotopic (exact) mass is 299 g/mol. The summed E-state index contributed by atoms with van der Waals surface area (Å²) in [6, 6.07) is 8.07. The number of hydrogen-bond acceptors (Lipinski definition) is 3. The first-order valence-electron chi connectivity index (χ1n) is 7.91. The van der Waals surface area contributed by atoms with Crippen LogP contribution in [0, 0.1) is 0 Å². The number of carboxylic acids is 1. The number of carbonyl (C=O) groups is 1. The van der Waals surface area contributed by atoms with Crippen molar-refractivity contribution in [1.82, 2.24) is 0 Å². The fourth-order valence-electron chi connectivity index (χ4n) is 3.29. The van der Waals surface area contributed by atoms with Gasteiger partial charge in [-0.15, -0.1) is 0 Å². The number of unbranched alkanes of at least 4 members (excludes halogenated alkanes) is 1. The highest BCUT2D eigenvalue weighted by Gasteiger charge is 2.43. The topological polar surface area (TPSA) is 58.9 Å². The third kappa shape index (κ3) is 2.59. The third-order valence-electron chi connectivity index (χ3n) is 4.44. The second-order valence-electron chi connectivity index (χ2n) is 5.90. The van der Waals surface area contributed by atoms with E-state index >= 15 is 0 Å². The summed E-state index contributed by atoms with van der Waals surface area (Å²) in [4.78, 5) is 15.8. The molecular formula is C18H21NO3. The molecule has 0 radical (unpaired) electrons. The Morgan fingerprint density at radius 1 is 1.36 bits per heavy atom. The van der Waals surface area contributed by atoms with E-state index in [0.29, 0.717) is 13.0 Å². The number of carboxylic acid groups (broad SMARTS) is 1. The zero-order valence-electron chi connectivity index (χ0n) is 12.8. The predicted octanol–water partition coefficient (Wildman–Crippen LogP) is 3.98. The average Bonchev–Trinajstić information content (AvgIpc) is 2.91. The number of hydrogen-bond donors (Lipinski definition) is 1. The number of fused-ring (bicyclic) bond motifs is 3. The predicted molar refractivity (Wildman–Crippen MR) is 86.6 cm³/mol. The van der Waals surface area contributed by atoms with E-state index in [1.807, 2.05) is 18.2 Å². The Kier molecular flexibility index (Phi) is 4.12. The molecule has 0 spiro atoms. The van der Waals surface area contributed by atoms with Gasteiger partial charge in [0.2, 0.25) is 0 Å². The van der Waals surface area contributed by atoms with Crippen molar-refractivity contribution >= 4 is 22.9 Å². The van der Waals surface area contributed by atoms with Gasteiger partial charge in [-0.05, 0) is 25.0 Å². The lowest BCUT2D eigenvalue weighted by molar-refractivity contribution is -0.138. The molecule has 4 heteroatoms. The van der Waals surface area contributed by atoms with Crippen molar-refractivity contribution in [3.05, 3.63) is 35.9 Å². The summed E-state index contributed by atoms with van der Waals surface area (Å²) in [6.07, 6.45) is 5.52. The molecule has 1 aromatic rings. The number of benzene rings is 1. The minimum atomic E-state index is -0.785. The molecular weight excluding hydrogens is 278 g/mol. The molecule has 116 valence electrons. The molecule has 3 rings (SSSR count). The fourth-order valence-corrected chi connectivity index (χ4v) is 3.29. The second kappa shape index (κ2) is 6.05. The van der Waals surface area contributed by atoms with Gasteiger partial charge in [-0.1, -0.05) is 38.0 Å². The molecule has 1 atom stereocenters. The van der Waals surface area contributed by atoms with Crippen molar-refractivity contribution in [2.45, 2.75) is 44.6 Å². The Morgan fingerprint density at radius 2 is 2.18 bits per heavy atom. The largest absolute Gasteiger partial charge is 0.481 e. The van der Waals surface area contributed by atoms with E-state index in [2.05, 4.69) is 19.1 Å². The van der Waals surface area contributed by atoms with Gasteiger partial charge in [-0.3, -0.25) is 4.79 Å². The number of aliphatic carboxylic acids is 1. The zero-order chi connectivity index (χ0) is 15.6. The highest BCUT2D eigenvalue weighted by Crippen LogP contribution is 2.44. The van der Waals surface area contributed by atoms with E-state index in [1.54, 1.807) is 0 Å². The quantitative estimate of drug-likeness (QED) is 0.864. The van der Waals surface area contributed by atoms with Crippen LogP contribution >= 0.6 is 0 Å². The van der Waals surface area contributed by atoms with Gasteiger partial charge in [0.1, 0.15) is 5.60 Å². The van der Waals surface area contributed by atoms with Crippen molar-refractivity contribution < 1.29 is 14.6 Å². The van der Waals surface area contributed by atoms with E-state index < -0.39 is 11.6 Å². The maximum atomic E-state index is 11.1. The van der Waals surface area contributed by atoms with Crippen LogP contribution in [0.25, 0.3) is 5.57 Å². The van der Waals surface area contributed by atoms with E-state index in [1.165, 1.54) is 0 Å². The fraction of sp³-hybridized carbons (Fsp3) is 0.444. The SMILES string of the molecule is CCCCC1(CCC(=O)O)OCC=C2C1=Nc1ccccc12. The minimum Gasteiger partial charge on any atom is -0.481 e. The third-order valence-corrected chi connectivity index (χ3v) is 4.44.